The molecule has 0 aromatic carbocycles. The van der Waals surface area contributed by atoms with E-state index >= 15 is 0 Å². The number of nitrogens with one attached hydrogen (secondary N) is 2. The topological polar surface area (TPSA) is 104 Å². The predicted octanol–water partition coefficient (Wildman–Crippen LogP) is 0.0482. The van der Waals surface area contributed by atoms with E-state index in [0.29, 0.717) is 0 Å². The van der Waals surface area contributed by atoms with Gasteiger partial charge in [0.1, 0.15) is 0 Å². The molecule has 98 valence electrons. The fourth-order valence-corrected chi connectivity index (χ4v) is 2.05. The van der Waals surface area contributed by atoms with Gasteiger partial charge in [-0.2, -0.15) is 0 Å². The van der Waals surface area contributed by atoms with Gasteiger partial charge >= 0.3 is 0 Å². The van der Waals surface area contributed by atoms with Crippen LogP contribution in [-0.2, 0) is 9.59 Å². The second kappa shape index (κ2) is 7.24. The number of nitrogens with two attached hydrogens (primary N) is 1. The quantitative estimate of drug-likeness (QED) is 0.404. The Morgan fingerprint density at radius 2 is 1.94 bits per heavy atom. The molecule has 0 aromatic heterocycles. The van der Waals surface area contributed by atoms with Crippen LogP contribution in [0.4, 0.5) is 0 Å². The Labute approximate surface area is 101 Å². The van der Waals surface area contributed by atoms with E-state index in [0.717, 1.165) is 25.7 Å². The summed E-state index contributed by atoms with van der Waals surface area (Å²) < 4.78 is 0. The van der Waals surface area contributed by atoms with Crippen LogP contribution in [0.2, 0.25) is 0 Å². The van der Waals surface area contributed by atoms with Gasteiger partial charge in [0.2, 0.25) is 5.91 Å². The summed E-state index contributed by atoms with van der Waals surface area (Å²) in [6.07, 6.45) is 6.10. The van der Waals surface area contributed by atoms with Gasteiger partial charge in [0.05, 0.1) is 6.04 Å². The minimum absolute atomic E-state index is 0.0712. The molecule has 0 unspecified atom stereocenters. The average Bonchev–Trinajstić information content (AvgIpc) is 2.36. The third-order valence-corrected chi connectivity index (χ3v) is 3.10. The third kappa shape index (κ3) is 5.14. The van der Waals surface area contributed by atoms with Gasteiger partial charge in [0, 0.05) is 12.5 Å². The van der Waals surface area contributed by atoms with Crippen molar-refractivity contribution in [3.05, 3.63) is 0 Å². The van der Waals surface area contributed by atoms with Crippen molar-refractivity contribution in [1.29, 1.82) is 0 Å². The van der Waals surface area contributed by atoms with E-state index in [-0.39, 0.29) is 24.8 Å². The first-order chi connectivity index (χ1) is 8.13. The largest absolute Gasteiger partial charge is 0.353 e. The molecule has 6 heteroatoms. The van der Waals surface area contributed by atoms with Crippen LogP contribution in [0.15, 0.2) is 0 Å². The van der Waals surface area contributed by atoms with Gasteiger partial charge in [-0.1, -0.05) is 19.3 Å². The van der Waals surface area contributed by atoms with E-state index < -0.39 is 11.9 Å². The zero-order chi connectivity index (χ0) is 12.7. The van der Waals surface area contributed by atoms with Crippen LogP contribution in [0, 0.1) is 0 Å². The molecule has 1 saturated carbocycles. The lowest BCUT2D eigenvalue weighted by molar-refractivity contribution is -0.130. The number of rotatable bonds is 5. The minimum Gasteiger partial charge on any atom is -0.353 e. The summed E-state index contributed by atoms with van der Waals surface area (Å²) in [6, 6.07) is -0.559. The summed E-state index contributed by atoms with van der Waals surface area (Å²) in [7, 11) is 0. The first kappa shape index (κ1) is 13.9. The zero-order valence-electron chi connectivity index (χ0n) is 9.95. The minimum atomic E-state index is -0.836. The van der Waals surface area contributed by atoms with Crippen LogP contribution >= 0.6 is 0 Å². The van der Waals surface area contributed by atoms with Crippen molar-refractivity contribution in [1.82, 2.24) is 10.8 Å². The Morgan fingerprint density at radius 1 is 1.29 bits per heavy atom. The van der Waals surface area contributed by atoms with E-state index in [4.69, 9.17) is 10.9 Å². The third-order valence-electron chi connectivity index (χ3n) is 3.10. The molecule has 1 atom stereocenters. The number of hydroxylamine groups is 1. The summed E-state index contributed by atoms with van der Waals surface area (Å²) in [5, 5.41) is 11.3. The van der Waals surface area contributed by atoms with Gasteiger partial charge in [0.15, 0.2) is 0 Å². The van der Waals surface area contributed by atoms with Crippen LogP contribution in [-0.4, -0.2) is 29.1 Å². The van der Waals surface area contributed by atoms with E-state index in [9.17, 15) is 9.59 Å². The molecule has 0 radical (unpaired) electrons. The Balaban J connectivity index is 2.18. The highest BCUT2D eigenvalue weighted by Crippen LogP contribution is 2.17. The van der Waals surface area contributed by atoms with Crippen molar-refractivity contribution in [2.75, 3.05) is 0 Å². The second-order valence-electron chi connectivity index (χ2n) is 4.52. The van der Waals surface area contributed by atoms with Gasteiger partial charge in [-0.3, -0.25) is 14.8 Å². The number of carbonyl (C=O) groups excluding carboxylic acids is 2. The standard InChI is InChI=1S/C11H21N3O3/c12-9(11(16)14-17)6-7-10(15)13-8-4-2-1-3-5-8/h8-9,17H,1-7,12H2,(H,13,15)(H,14,16)/t9-/m0/s1. The highest BCUT2D eigenvalue weighted by molar-refractivity contribution is 5.82. The van der Waals surface area contributed by atoms with Gasteiger partial charge < -0.3 is 11.1 Å². The molecule has 0 spiro atoms. The molecule has 1 aliphatic rings. The molecule has 1 fully saturated rings. The lowest BCUT2D eigenvalue weighted by atomic mass is 9.95. The first-order valence-corrected chi connectivity index (χ1v) is 6.12. The van der Waals surface area contributed by atoms with Crippen molar-refractivity contribution in [2.24, 2.45) is 5.73 Å². The first-order valence-electron chi connectivity index (χ1n) is 6.12. The molecule has 5 N–H and O–H groups in total. The fraction of sp³-hybridized carbons (Fsp3) is 0.818. The number of hydrogen-bond acceptors (Lipinski definition) is 4. The van der Waals surface area contributed by atoms with Gasteiger partial charge in [-0.15, -0.1) is 0 Å². The molecule has 0 aromatic rings. The SMILES string of the molecule is N[C@@H](CCC(=O)NC1CCCCC1)C(=O)NO. The molecule has 2 amide bonds. The normalized spacial score (nSPS) is 18.5. The van der Waals surface area contributed by atoms with E-state index in [1.165, 1.54) is 11.9 Å². The lowest BCUT2D eigenvalue weighted by Gasteiger charge is -2.22. The van der Waals surface area contributed by atoms with Crippen LogP contribution in [0.5, 0.6) is 0 Å². The van der Waals surface area contributed by atoms with Crippen molar-refractivity contribution in [3.8, 4) is 0 Å². The second-order valence-corrected chi connectivity index (χ2v) is 4.52. The molecular formula is C11H21N3O3. The summed E-state index contributed by atoms with van der Waals surface area (Å²) in [4.78, 5) is 22.5. The van der Waals surface area contributed by atoms with Crippen molar-refractivity contribution < 1.29 is 14.8 Å². The summed E-state index contributed by atoms with van der Waals surface area (Å²) in [5.41, 5.74) is 6.93. The van der Waals surface area contributed by atoms with E-state index in [1.54, 1.807) is 0 Å². The molecule has 0 bridgehead atoms. The monoisotopic (exact) mass is 243 g/mol. The Hall–Kier alpha value is -1.14. The van der Waals surface area contributed by atoms with Gasteiger partial charge in [-0.25, -0.2) is 5.48 Å². The summed E-state index contributed by atoms with van der Waals surface area (Å²) in [6.45, 7) is 0. The van der Waals surface area contributed by atoms with Crippen molar-refractivity contribution in [2.45, 2.75) is 57.0 Å². The fourth-order valence-electron chi connectivity index (χ4n) is 2.05. The Morgan fingerprint density at radius 3 is 2.53 bits per heavy atom. The molecule has 17 heavy (non-hydrogen) atoms. The maximum Gasteiger partial charge on any atom is 0.260 e. The highest BCUT2D eigenvalue weighted by atomic mass is 16.5. The number of hydrogen-bond donors (Lipinski definition) is 4. The van der Waals surface area contributed by atoms with Gasteiger partial charge in [-0.05, 0) is 19.3 Å². The zero-order valence-corrected chi connectivity index (χ0v) is 9.95. The smallest absolute Gasteiger partial charge is 0.260 e. The molecule has 0 heterocycles. The molecule has 6 nitrogen and oxygen atoms in total. The molecule has 0 aliphatic heterocycles. The summed E-state index contributed by atoms with van der Waals surface area (Å²) >= 11 is 0. The van der Waals surface area contributed by atoms with E-state index in [2.05, 4.69) is 5.32 Å². The molecule has 1 rings (SSSR count). The van der Waals surface area contributed by atoms with Crippen molar-refractivity contribution in [3.63, 3.8) is 0 Å². The van der Waals surface area contributed by atoms with Crippen LogP contribution in [0.25, 0.3) is 0 Å². The van der Waals surface area contributed by atoms with Crippen LogP contribution in [0.3, 0.4) is 0 Å². The van der Waals surface area contributed by atoms with Crippen LogP contribution in [0.1, 0.15) is 44.9 Å². The Kier molecular flexibility index (Phi) is 5.93. The maximum atomic E-state index is 11.6. The number of carbonyl (C=O) groups is 2. The van der Waals surface area contributed by atoms with Gasteiger partial charge in [0.25, 0.3) is 5.91 Å². The molecule has 0 saturated heterocycles. The summed E-state index contributed by atoms with van der Waals surface area (Å²) in [5.74, 6) is -0.728. The number of amides is 2. The van der Waals surface area contributed by atoms with Crippen molar-refractivity contribution >= 4 is 11.8 Å². The lowest BCUT2D eigenvalue weighted by Crippen LogP contribution is -2.41. The van der Waals surface area contributed by atoms with E-state index in [1.807, 2.05) is 0 Å². The van der Waals surface area contributed by atoms with Crippen LogP contribution < -0.4 is 16.5 Å². The maximum absolute atomic E-state index is 11.6. The predicted molar refractivity (Wildman–Crippen MR) is 62.2 cm³/mol. The average molecular weight is 243 g/mol. The Bertz CT molecular complexity index is 265. The molecular weight excluding hydrogens is 222 g/mol. The highest BCUT2D eigenvalue weighted by Gasteiger charge is 2.18. The molecule has 1 aliphatic carbocycles.